The average molecular weight is 491 g/mol. The van der Waals surface area contributed by atoms with Crippen LogP contribution in [0.5, 0.6) is 0 Å². The van der Waals surface area contributed by atoms with Crippen LogP contribution in [0.1, 0.15) is 159 Å². The highest BCUT2D eigenvalue weighted by Crippen LogP contribution is 2.02. The van der Waals surface area contributed by atoms with Crippen LogP contribution in [-0.4, -0.2) is 0 Å². The smallest absolute Gasteiger partial charge is 0.0351 e. The summed E-state index contributed by atoms with van der Waals surface area (Å²) in [6, 6.07) is 0. The minimum Gasteiger partial charge on any atom is -0.103 e. The van der Waals surface area contributed by atoms with Gasteiger partial charge >= 0.3 is 0 Å². The zero-order valence-corrected chi connectivity index (χ0v) is 26.4. The van der Waals surface area contributed by atoms with Crippen molar-refractivity contribution in [3.05, 3.63) is 61.3 Å². The maximum absolute atomic E-state index is 3.63. The molecule has 0 spiro atoms. The summed E-state index contributed by atoms with van der Waals surface area (Å²) in [6.45, 7) is 29.0. The van der Waals surface area contributed by atoms with E-state index in [1.165, 1.54) is 89.0 Å². The van der Waals surface area contributed by atoms with Crippen molar-refractivity contribution in [3.8, 4) is 0 Å². The first kappa shape index (κ1) is 43.7. The van der Waals surface area contributed by atoms with Crippen LogP contribution in [0.3, 0.4) is 0 Å². The van der Waals surface area contributed by atoms with Crippen molar-refractivity contribution in [1.29, 1.82) is 0 Å². The molecule has 0 heteroatoms. The average Bonchev–Trinajstić information content (AvgIpc) is 2.84. The number of hydrogen-bond donors (Lipinski definition) is 0. The fraction of sp³-hybridized carbons (Fsp3) is 0.714. The molecule has 0 fully saturated rings. The quantitative estimate of drug-likeness (QED) is 0.158. The fourth-order valence-electron chi connectivity index (χ4n) is 2.36. The zero-order chi connectivity index (χ0) is 28.0. The molecule has 0 heterocycles. The number of unbranched alkanes of at least 4 members (excludes halogenated alkanes) is 7. The van der Waals surface area contributed by atoms with Crippen LogP contribution in [0, 0.1) is 5.92 Å². The Morgan fingerprint density at radius 1 is 0.629 bits per heavy atom. The predicted octanol–water partition coefficient (Wildman–Crippen LogP) is 13.6. The summed E-state index contributed by atoms with van der Waals surface area (Å²) < 4.78 is 0. The van der Waals surface area contributed by atoms with Gasteiger partial charge in [-0.15, -0.1) is 13.2 Å². The first-order valence-electron chi connectivity index (χ1n) is 14.9. The highest BCUT2D eigenvalue weighted by Gasteiger charge is 1.87. The molecule has 0 rings (SSSR count). The van der Waals surface area contributed by atoms with Crippen LogP contribution in [0.4, 0.5) is 0 Å². The Morgan fingerprint density at radius 2 is 1.20 bits per heavy atom. The molecule has 0 saturated carbocycles. The summed E-state index contributed by atoms with van der Waals surface area (Å²) in [5.74, 6) is 0.831. The topological polar surface area (TPSA) is 0 Å². The third kappa shape index (κ3) is 88.1. The van der Waals surface area contributed by atoms with Gasteiger partial charge in [-0.2, -0.15) is 0 Å². The summed E-state index contributed by atoms with van der Waals surface area (Å²) in [7, 11) is 0. The molecular weight excluding hydrogens is 420 g/mol. The predicted molar refractivity (Wildman–Crippen MR) is 172 cm³/mol. The number of hydrogen-bond acceptors (Lipinski definition) is 0. The van der Waals surface area contributed by atoms with Gasteiger partial charge in [-0.25, -0.2) is 0 Å². The van der Waals surface area contributed by atoms with Crippen LogP contribution >= 0.6 is 0 Å². The molecular formula is C35H70. The Bertz CT molecular complexity index is 415. The van der Waals surface area contributed by atoms with E-state index in [0.29, 0.717) is 0 Å². The van der Waals surface area contributed by atoms with E-state index < -0.39 is 0 Å². The van der Waals surface area contributed by atoms with E-state index in [0.717, 1.165) is 12.3 Å². The van der Waals surface area contributed by atoms with E-state index in [9.17, 15) is 0 Å². The lowest BCUT2D eigenvalue weighted by molar-refractivity contribution is 0.595. The molecule has 0 unspecified atom stereocenters. The first-order chi connectivity index (χ1) is 16.8. The van der Waals surface area contributed by atoms with Crippen molar-refractivity contribution < 1.29 is 0 Å². The molecule has 0 amide bonds. The molecule has 0 atom stereocenters. The molecule has 0 N–H and O–H groups in total. The van der Waals surface area contributed by atoms with Crippen LogP contribution in [0.15, 0.2) is 61.3 Å². The molecule has 0 aliphatic rings. The van der Waals surface area contributed by atoms with E-state index >= 15 is 0 Å². The standard InChI is InChI=1S/5C7H14/c2*1-4-5-6-7(2)3;3*1-3-5-7-6-4-2/h6H,4-5H2,1-3H3;4,7H,1,5-6H2,2-3H3;5,7H,3-4,6H2,1-2H3;3,5H,4,6-7H2,1-2H3;3H,1,4-7H2,2H3/b;;7-5+;;. The molecule has 0 saturated heterocycles. The van der Waals surface area contributed by atoms with Crippen molar-refractivity contribution in [2.75, 3.05) is 0 Å². The molecule has 0 aromatic heterocycles. The second-order valence-electron chi connectivity index (χ2n) is 9.49. The monoisotopic (exact) mass is 491 g/mol. The molecule has 0 aromatic carbocycles. The lowest BCUT2D eigenvalue weighted by atomic mass is 10.1. The van der Waals surface area contributed by atoms with Crippen molar-refractivity contribution in [2.45, 2.75) is 159 Å². The van der Waals surface area contributed by atoms with Gasteiger partial charge in [0.05, 0.1) is 0 Å². The molecule has 0 aromatic rings. The minimum atomic E-state index is 0.831. The van der Waals surface area contributed by atoms with E-state index in [4.69, 9.17) is 0 Å². The molecule has 0 aliphatic carbocycles. The maximum atomic E-state index is 3.63. The van der Waals surface area contributed by atoms with Crippen LogP contribution in [-0.2, 0) is 0 Å². The van der Waals surface area contributed by atoms with E-state index in [1.807, 2.05) is 12.2 Å². The highest BCUT2D eigenvalue weighted by molar-refractivity contribution is 4.92. The number of rotatable bonds is 15. The highest BCUT2D eigenvalue weighted by atomic mass is 13.9. The molecule has 35 heavy (non-hydrogen) atoms. The SMILES string of the molecule is C=CCCC(C)C.C=CCCCCC.CC/C=C/CCC.CC=CCCCC.CCCC=C(C)C. The molecule has 0 bridgehead atoms. The van der Waals surface area contributed by atoms with Crippen molar-refractivity contribution in [3.63, 3.8) is 0 Å². The second kappa shape index (κ2) is 49.8. The summed E-state index contributed by atoms with van der Waals surface area (Å²) in [5, 5.41) is 0. The normalized spacial score (nSPS) is 9.57. The Kier molecular flexibility index (Phi) is 62.2. The van der Waals surface area contributed by atoms with Crippen LogP contribution in [0.2, 0.25) is 0 Å². The number of allylic oxidation sites excluding steroid dienone is 8. The Balaban J connectivity index is -0.000000107. The second-order valence-corrected chi connectivity index (χ2v) is 9.49. The third-order valence-corrected chi connectivity index (χ3v) is 4.62. The maximum Gasteiger partial charge on any atom is -0.0351 e. The zero-order valence-electron chi connectivity index (χ0n) is 26.4. The van der Waals surface area contributed by atoms with Gasteiger partial charge in [0.25, 0.3) is 0 Å². The lowest BCUT2D eigenvalue weighted by Crippen LogP contribution is -1.82. The van der Waals surface area contributed by atoms with Crippen molar-refractivity contribution in [2.24, 2.45) is 5.92 Å². The van der Waals surface area contributed by atoms with E-state index in [2.05, 4.69) is 113 Å². The van der Waals surface area contributed by atoms with Gasteiger partial charge in [0.1, 0.15) is 0 Å². The van der Waals surface area contributed by atoms with Gasteiger partial charge in [0.2, 0.25) is 0 Å². The van der Waals surface area contributed by atoms with Gasteiger partial charge in [-0.1, -0.05) is 135 Å². The van der Waals surface area contributed by atoms with Gasteiger partial charge in [-0.3, -0.25) is 0 Å². The Morgan fingerprint density at radius 3 is 1.51 bits per heavy atom. The van der Waals surface area contributed by atoms with Gasteiger partial charge < -0.3 is 0 Å². The fourth-order valence-corrected chi connectivity index (χ4v) is 2.36. The molecule has 0 nitrogen and oxygen atoms in total. The van der Waals surface area contributed by atoms with Crippen LogP contribution in [0.25, 0.3) is 0 Å². The summed E-state index contributed by atoms with van der Waals surface area (Å²) in [6.07, 6.45) is 32.7. The van der Waals surface area contributed by atoms with E-state index in [1.54, 1.807) is 0 Å². The minimum absolute atomic E-state index is 0.831. The van der Waals surface area contributed by atoms with Gasteiger partial charge in [0.15, 0.2) is 0 Å². The van der Waals surface area contributed by atoms with Crippen LogP contribution < -0.4 is 0 Å². The first-order valence-corrected chi connectivity index (χ1v) is 14.9. The lowest BCUT2D eigenvalue weighted by Gasteiger charge is -1.96. The van der Waals surface area contributed by atoms with E-state index in [-0.39, 0.29) is 0 Å². The Labute approximate surface area is 226 Å². The van der Waals surface area contributed by atoms with Gasteiger partial charge in [-0.05, 0) is 78.1 Å². The van der Waals surface area contributed by atoms with Crippen molar-refractivity contribution >= 4 is 0 Å². The van der Waals surface area contributed by atoms with Gasteiger partial charge in [0, 0.05) is 0 Å². The molecule has 0 aliphatic heterocycles. The summed E-state index contributed by atoms with van der Waals surface area (Å²) >= 11 is 0. The molecule has 0 radical (unpaired) electrons. The molecule has 210 valence electrons. The van der Waals surface area contributed by atoms with Crippen molar-refractivity contribution in [1.82, 2.24) is 0 Å². The Hall–Kier alpha value is -1.30. The summed E-state index contributed by atoms with van der Waals surface area (Å²) in [4.78, 5) is 0. The largest absolute Gasteiger partial charge is 0.103 e. The summed E-state index contributed by atoms with van der Waals surface area (Å²) in [5.41, 5.74) is 1.43. The third-order valence-electron chi connectivity index (χ3n) is 4.62.